The molecule has 0 aromatic heterocycles. The maximum absolute atomic E-state index is 13.3. The van der Waals surface area contributed by atoms with E-state index in [-0.39, 0.29) is 5.56 Å². The van der Waals surface area contributed by atoms with Crippen LogP contribution in [-0.2, 0) is 0 Å². The molecule has 1 N–H and O–H groups in total. The highest BCUT2D eigenvalue weighted by molar-refractivity contribution is 14.1. The van der Waals surface area contributed by atoms with E-state index in [2.05, 4.69) is 5.32 Å². The molecule has 2 rings (SSSR count). The summed E-state index contributed by atoms with van der Waals surface area (Å²) < 4.78 is 26.7. The van der Waals surface area contributed by atoms with Crippen molar-refractivity contribution in [1.29, 1.82) is 0 Å². The Balaban J connectivity index is 2.30. The van der Waals surface area contributed by atoms with E-state index in [1.165, 1.54) is 12.1 Å². The van der Waals surface area contributed by atoms with Crippen LogP contribution in [-0.4, -0.2) is 10.8 Å². The summed E-state index contributed by atoms with van der Waals surface area (Å²) in [6.07, 6.45) is 0. The molecule has 0 atom stereocenters. The molecule has 0 saturated heterocycles. The van der Waals surface area contributed by atoms with Crippen molar-refractivity contribution in [2.24, 2.45) is 0 Å². The van der Waals surface area contributed by atoms with Crippen LogP contribution in [0.15, 0.2) is 36.4 Å². The Hall–Kier alpha value is -2.10. The summed E-state index contributed by atoms with van der Waals surface area (Å²) in [6.45, 7) is 0. The molecule has 0 bridgehead atoms. The zero-order valence-corrected chi connectivity index (χ0v) is 12.4. The minimum atomic E-state index is -0.886. The first-order valence-electron chi connectivity index (χ1n) is 5.58. The molecule has 8 heteroatoms. The predicted octanol–water partition coefficient (Wildman–Crippen LogP) is 3.73. The van der Waals surface area contributed by atoms with Crippen molar-refractivity contribution in [3.05, 3.63) is 67.3 Å². The van der Waals surface area contributed by atoms with Crippen molar-refractivity contribution in [1.82, 2.24) is 0 Å². The third kappa shape index (κ3) is 3.72. The Bertz CT molecular complexity index is 737. The fourth-order valence-corrected chi connectivity index (χ4v) is 2.21. The molecule has 108 valence electrons. The summed E-state index contributed by atoms with van der Waals surface area (Å²) >= 11 is 1.83. The van der Waals surface area contributed by atoms with Crippen LogP contribution in [0.1, 0.15) is 10.4 Å². The lowest BCUT2D eigenvalue weighted by Gasteiger charge is -2.07. The van der Waals surface area contributed by atoms with Gasteiger partial charge in [-0.25, -0.2) is 8.78 Å². The van der Waals surface area contributed by atoms with Crippen molar-refractivity contribution in [3.8, 4) is 0 Å². The van der Waals surface area contributed by atoms with Crippen molar-refractivity contribution >= 4 is 39.9 Å². The van der Waals surface area contributed by atoms with Crippen molar-refractivity contribution in [3.63, 3.8) is 0 Å². The fraction of sp³-hybridized carbons (Fsp3) is 0. The van der Waals surface area contributed by atoms with Crippen molar-refractivity contribution in [2.75, 3.05) is 5.32 Å². The highest BCUT2D eigenvalue weighted by atomic mass is 127. The Morgan fingerprint density at radius 2 is 1.86 bits per heavy atom. The van der Waals surface area contributed by atoms with Crippen molar-refractivity contribution < 1.29 is 18.5 Å². The second kappa shape index (κ2) is 6.12. The molecule has 0 aliphatic heterocycles. The molecule has 0 aliphatic rings. The van der Waals surface area contributed by atoms with Crippen molar-refractivity contribution in [2.45, 2.75) is 0 Å². The first kappa shape index (κ1) is 15.3. The predicted molar refractivity (Wildman–Crippen MR) is 80.1 cm³/mol. The number of halogens is 3. The van der Waals surface area contributed by atoms with E-state index in [9.17, 15) is 23.7 Å². The van der Waals surface area contributed by atoms with Gasteiger partial charge in [-0.2, -0.15) is 0 Å². The van der Waals surface area contributed by atoms with Crippen LogP contribution in [0.4, 0.5) is 20.2 Å². The number of carbonyl (C=O) groups is 1. The van der Waals surface area contributed by atoms with E-state index < -0.39 is 28.2 Å². The molecule has 0 fully saturated rings. The fourth-order valence-electron chi connectivity index (χ4n) is 1.60. The summed E-state index contributed by atoms with van der Waals surface area (Å²) in [5, 5.41) is 13.1. The number of nitro groups is 1. The van der Waals surface area contributed by atoms with Crippen LogP contribution in [0.5, 0.6) is 0 Å². The van der Waals surface area contributed by atoms with Gasteiger partial charge in [0.1, 0.15) is 11.6 Å². The smallest absolute Gasteiger partial charge is 0.273 e. The van der Waals surface area contributed by atoms with Gasteiger partial charge in [0, 0.05) is 15.2 Å². The molecule has 0 saturated carbocycles. The SMILES string of the molecule is O=C(Nc1ccc(F)cc1I)c1cc(F)cc([N+](=O)[O-])c1. The van der Waals surface area contributed by atoms with Gasteiger partial charge in [0.25, 0.3) is 11.6 Å². The monoisotopic (exact) mass is 404 g/mol. The lowest BCUT2D eigenvalue weighted by atomic mass is 10.1. The number of nitro benzene ring substituents is 1. The van der Waals surface area contributed by atoms with Crippen LogP contribution in [0.2, 0.25) is 0 Å². The molecular weight excluding hydrogens is 397 g/mol. The summed E-state index contributed by atoms with van der Waals surface area (Å²) in [6, 6.07) is 6.30. The lowest BCUT2D eigenvalue weighted by molar-refractivity contribution is -0.385. The van der Waals surface area contributed by atoms with Crippen LogP contribution in [0, 0.1) is 25.3 Å². The van der Waals surface area contributed by atoms with Gasteiger partial charge < -0.3 is 5.32 Å². The second-order valence-electron chi connectivity index (χ2n) is 4.03. The average Bonchev–Trinajstić information content (AvgIpc) is 2.41. The molecule has 1 amide bonds. The zero-order valence-electron chi connectivity index (χ0n) is 10.3. The minimum absolute atomic E-state index is 0.193. The van der Waals surface area contributed by atoms with Gasteiger partial charge in [0.05, 0.1) is 16.7 Å². The third-order valence-corrected chi connectivity index (χ3v) is 3.43. The summed E-state index contributed by atoms with van der Waals surface area (Å²) in [7, 11) is 0. The van der Waals surface area contributed by atoms with Gasteiger partial charge in [0.2, 0.25) is 0 Å². The number of nitrogens with zero attached hydrogens (tertiary/aromatic N) is 1. The molecule has 0 unspecified atom stereocenters. The molecule has 21 heavy (non-hydrogen) atoms. The Kier molecular flexibility index (Phi) is 4.46. The van der Waals surface area contributed by atoms with Gasteiger partial charge in [0.15, 0.2) is 0 Å². The third-order valence-electron chi connectivity index (χ3n) is 2.53. The summed E-state index contributed by atoms with van der Waals surface area (Å²) in [5.74, 6) is -2.07. The van der Waals surface area contributed by atoms with Gasteiger partial charge in [-0.05, 0) is 46.9 Å². The number of hydrogen-bond acceptors (Lipinski definition) is 3. The number of rotatable bonds is 3. The van der Waals surface area contributed by atoms with E-state index in [0.717, 1.165) is 24.3 Å². The maximum atomic E-state index is 13.3. The average molecular weight is 404 g/mol. The molecule has 0 aliphatic carbocycles. The summed E-state index contributed by atoms with van der Waals surface area (Å²) in [4.78, 5) is 21.8. The van der Waals surface area contributed by atoms with Gasteiger partial charge in [-0.15, -0.1) is 0 Å². The highest BCUT2D eigenvalue weighted by Crippen LogP contribution is 2.21. The van der Waals surface area contributed by atoms with E-state index in [1.807, 2.05) is 22.6 Å². The Labute approximate surface area is 131 Å². The number of nitrogens with one attached hydrogen (secondary N) is 1. The van der Waals surface area contributed by atoms with Crippen LogP contribution in [0.25, 0.3) is 0 Å². The molecular formula is C13H7F2IN2O3. The lowest BCUT2D eigenvalue weighted by Crippen LogP contribution is -2.13. The number of hydrogen-bond donors (Lipinski definition) is 1. The van der Waals surface area contributed by atoms with Crippen LogP contribution in [0.3, 0.4) is 0 Å². The Morgan fingerprint density at radius 1 is 1.14 bits per heavy atom. The van der Waals surface area contributed by atoms with Gasteiger partial charge in [-0.1, -0.05) is 0 Å². The first-order valence-corrected chi connectivity index (χ1v) is 6.66. The van der Waals surface area contributed by atoms with Gasteiger partial charge >= 0.3 is 0 Å². The normalized spacial score (nSPS) is 10.2. The first-order chi connectivity index (χ1) is 9.86. The number of benzene rings is 2. The van der Waals surface area contributed by atoms with E-state index in [0.29, 0.717) is 9.26 Å². The molecule has 0 radical (unpaired) electrons. The largest absolute Gasteiger partial charge is 0.321 e. The number of non-ortho nitro benzene ring substituents is 1. The molecule has 2 aromatic rings. The number of amides is 1. The summed E-state index contributed by atoms with van der Waals surface area (Å²) in [5.41, 5.74) is -0.385. The topological polar surface area (TPSA) is 72.2 Å². The zero-order chi connectivity index (χ0) is 15.6. The number of carbonyl (C=O) groups excluding carboxylic acids is 1. The maximum Gasteiger partial charge on any atom is 0.273 e. The highest BCUT2D eigenvalue weighted by Gasteiger charge is 2.15. The number of anilines is 1. The Morgan fingerprint density at radius 3 is 2.48 bits per heavy atom. The second-order valence-corrected chi connectivity index (χ2v) is 5.20. The minimum Gasteiger partial charge on any atom is -0.321 e. The van der Waals surface area contributed by atoms with Crippen LogP contribution < -0.4 is 5.32 Å². The molecule has 0 heterocycles. The van der Waals surface area contributed by atoms with Gasteiger partial charge in [-0.3, -0.25) is 14.9 Å². The molecule has 0 spiro atoms. The molecule has 2 aromatic carbocycles. The standard InChI is InChI=1S/C13H7F2IN2O3/c14-8-1-2-12(11(16)6-8)17-13(19)7-3-9(15)5-10(4-7)18(20)21/h1-6H,(H,17,19). The van der Waals surface area contributed by atoms with E-state index >= 15 is 0 Å². The quantitative estimate of drug-likeness (QED) is 0.482. The van der Waals surface area contributed by atoms with E-state index in [1.54, 1.807) is 0 Å². The van der Waals surface area contributed by atoms with E-state index in [4.69, 9.17) is 0 Å². The molecule has 5 nitrogen and oxygen atoms in total. The van der Waals surface area contributed by atoms with Crippen LogP contribution >= 0.6 is 22.6 Å².